The molecule has 2 heterocycles. The summed E-state index contributed by atoms with van der Waals surface area (Å²) in [5.74, 6) is 0.384. The van der Waals surface area contributed by atoms with E-state index in [1.165, 1.54) is 11.3 Å². The van der Waals surface area contributed by atoms with Gasteiger partial charge in [-0.25, -0.2) is 4.98 Å². The Balaban J connectivity index is 2.24. The average Bonchev–Trinajstić information content (AvgIpc) is 2.82. The lowest BCUT2D eigenvalue weighted by atomic mass is 10.2. The molecule has 0 aliphatic rings. The highest BCUT2D eigenvalue weighted by Gasteiger charge is 2.14. The van der Waals surface area contributed by atoms with Crippen LogP contribution in [0.25, 0.3) is 0 Å². The van der Waals surface area contributed by atoms with E-state index < -0.39 is 0 Å². The van der Waals surface area contributed by atoms with Crippen molar-refractivity contribution >= 4 is 46.1 Å². The summed E-state index contributed by atoms with van der Waals surface area (Å²) in [6.07, 6.45) is 0. The van der Waals surface area contributed by atoms with Gasteiger partial charge in [0.1, 0.15) is 10.9 Å². The van der Waals surface area contributed by atoms with Gasteiger partial charge in [-0.3, -0.25) is 4.79 Å². The Morgan fingerprint density at radius 1 is 1.42 bits per heavy atom. The summed E-state index contributed by atoms with van der Waals surface area (Å²) in [7, 11) is 1.55. The number of ether oxygens (including phenoxy) is 1. The van der Waals surface area contributed by atoms with Gasteiger partial charge < -0.3 is 10.1 Å². The fourth-order valence-corrected chi connectivity index (χ4v) is 2.79. The van der Waals surface area contributed by atoms with Crippen molar-refractivity contribution in [2.24, 2.45) is 0 Å². The number of halogens is 2. The summed E-state index contributed by atoms with van der Waals surface area (Å²) in [6, 6.07) is 3.30. The highest BCUT2D eigenvalue weighted by atomic mass is 35.5. The Kier molecular flexibility index (Phi) is 4.29. The second-order valence-electron chi connectivity index (χ2n) is 3.73. The van der Waals surface area contributed by atoms with Crippen molar-refractivity contribution in [1.29, 1.82) is 0 Å². The van der Waals surface area contributed by atoms with E-state index in [-0.39, 0.29) is 11.1 Å². The third kappa shape index (κ3) is 3.18. The summed E-state index contributed by atoms with van der Waals surface area (Å²) in [4.78, 5) is 16.5. The molecule has 0 aromatic carbocycles. The lowest BCUT2D eigenvalue weighted by molar-refractivity contribution is 0.103. The first-order valence-electron chi connectivity index (χ1n) is 5.27. The number of hydrogen-bond donors (Lipinski definition) is 1. The van der Waals surface area contributed by atoms with Crippen LogP contribution in [0, 0.1) is 6.92 Å². The van der Waals surface area contributed by atoms with Crippen LogP contribution in [0.1, 0.15) is 15.2 Å². The van der Waals surface area contributed by atoms with Crippen LogP contribution >= 0.6 is 34.5 Å². The summed E-state index contributed by atoms with van der Waals surface area (Å²) in [5, 5.41) is 4.93. The minimum absolute atomic E-state index is 0.168. The van der Waals surface area contributed by atoms with Gasteiger partial charge in [-0.1, -0.05) is 23.2 Å². The number of methoxy groups -OCH3 is 1. The van der Waals surface area contributed by atoms with Crippen LogP contribution in [0.2, 0.25) is 10.3 Å². The van der Waals surface area contributed by atoms with Crippen LogP contribution in [-0.4, -0.2) is 18.0 Å². The Bertz CT molecular complexity index is 605. The average molecular weight is 317 g/mol. The number of anilines is 1. The van der Waals surface area contributed by atoms with E-state index >= 15 is 0 Å². The summed E-state index contributed by atoms with van der Waals surface area (Å²) >= 11 is 13.0. The van der Waals surface area contributed by atoms with Crippen LogP contribution in [0.15, 0.2) is 17.5 Å². The van der Waals surface area contributed by atoms with Gasteiger partial charge in [-0.05, 0) is 18.6 Å². The number of aromatic nitrogens is 1. The molecule has 0 bridgehead atoms. The smallest absolute Gasteiger partial charge is 0.265 e. The van der Waals surface area contributed by atoms with E-state index in [4.69, 9.17) is 27.9 Å². The highest BCUT2D eigenvalue weighted by Crippen LogP contribution is 2.28. The molecule has 0 aliphatic heterocycles. The van der Waals surface area contributed by atoms with Gasteiger partial charge in [0.05, 0.1) is 17.7 Å². The van der Waals surface area contributed by atoms with Gasteiger partial charge in [0, 0.05) is 11.4 Å². The van der Waals surface area contributed by atoms with E-state index in [0.29, 0.717) is 21.5 Å². The Morgan fingerprint density at radius 2 is 2.16 bits per heavy atom. The molecule has 2 aromatic rings. The molecule has 1 N–H and O–H groups in total. The van der Waals surface area contributed by atoms with Crippen molar-refractivity contribution in [3.8, 4) is 5.75 Å². The minimum Gasteiger partial charge on any atom is -0.496 e. The third-order valence-corrected chi connectivity index (χ3v) is 3.79. The number of carbonyl (C=O) groups is 1. The maximum atomic E-state index is 12.1. The van der Waals surface area contributed by atoms with Gasteiger partial charge >= 0.3 is 0 Å². The topological polar surface area (TPSA) is 51.2 Å². The van der Waals surface area contributed by atoms with Crippen LogP contribution in [0.5, 0.6) is 5.75 Å². The predicted molar refractivity (Wildman–Crippen MR) is 77.8 cm³/mol. The third-order valence-electron chi connectivity index (χ3n) is 2.41. The van der Waals surface area contributed by atoms with Crippen LogP contribution in [-0.2, 0) is 0 Å². The first-order chi connectivity index (χ1) is 9.01. The molecule has 100 valence electrons. The molecule has 7 heteroatoms. The van der Waals surface area contributed by atoms with Crippen molar-refractivity contribution in [2.45, 2.75) is 6.92 Å². The van der Waals surface area contributed by atoms with Crippen LogP contribution in [0.3, 0.4) is 0 Å². The Labute approximate surface area is 124 Å². The van der Waals surface area contributed by atoms with E-state index in [2.05, 4.69) is 10.3 Å². The number of carbonyl (C=O) groups excluding carboxylic acids is 1. The zero-order chi connectivity index (χ0) is 14.0. The second-order valence-corrected chi connectivity index (χ2v) is 5.39. The van der Waals surface area contributed by atoms with Gasteiger partial charge in [0.15, 0.2) is 5.15 Å². The first-order valence-corrected chi connectivity index (χ1v) is 6.91. The molecular weight excluding hydrogens is 307 g/mol. The molecule has 4 nitrogen and oxygen atoms in total. The largest absolute Gasteiger partial charge is 0.496 e. The number of nitrogens with zero attached hydrogens (tertiary/aromatic N) is 1. The molecule has 0 saturated heterocycles. The molecule has 0 saturated carbocycles. The van der Waals surface area contributed by atoms with E-state index in [1.54, 1.807) is 31.5 Å². The molecular formula is C12H10Cl2N2O2S. The maximum Gasteiger partial charge on any atom is 0.265 e. The zero-order valence-electron chi connectivity index (χ0n) is 10.2. The summed E-state index contributed by atoms with van der Waals surface area (Å²) < 4.78 is 5.03. The Morgan fingerprint density at radius 3 is 2.74 bits per heavy atom. The number of amides is 1. The van der Waals surface area contributed by atoms with Gasteiger partial charge in [0.2, 0.25) is 0 Å². The molecule has 19 heavy (non-hydrogen) atoms. The number of rotatable bonds is 3. The molecule has 0 spiro atoms. The van der Waals surface area contributed by atoms with Crippen molar-refractivity contribution in [1.82, 2.24) is 4.98 Å². The van der Waals surface area contributed by atoms with E-state index in [1.807, 2.05) is 0 Å². The minimum atomic E-state index is -0.262. The standard InChI is InChI=1S/C12H10Cl2N2O2S/c1-6-3-9(13)15-11(14)10(6)16-12(17)8-4-7(18-2)5-19-8/h3-5H,1-2H3,(H,16,17). The monoisotopic (exact) mass is 316 g/mol. The number of aryl methyl sites for hydroxylation is 1. The molecule has 0 aliphatic carbocycles. The van der Waals surface area contributed by atoms with Crippen LogP contribution in [0.4, 0.5) is 5.69 Å². The number of thiophene rings is 1. The van der Waals surface area contributed by atoms with E-state index in [0.717, 1.165) is 5.56 Å². The Hall–Kier alpha value is -1.30. The number of nitrogens with one attached hydrogen (secondary N) is 1. The van der Waals surface area contributed by atoms with Crippen molar-refractivity contribution in [3.63, 3.8) is 0 Å². The molecule has 0 fully saturated rings. The predicted octanol–water partition coefficient (Wildman–Crippen LogP) is 4.02. The lowest BCUT2D eigenvalue weighted by Crippen LogP contribution is -2.12. The molecule has 1 amide bonds. The van der Waals surface area contributed by atoms with Crippen LogP contribution < -0.4 is 10.1 Å². The van der Waals surface area contributed by atoms with Crippen molar-refractivity contribution in [2.75, 3.05) is 12.4 Å². The maximum absolute atomic E-state index is 12.1. The summed E-state index contributed by atoms with van der Waals surface area (Å²) in [6.45, 7) is 1.80. The lowest BCUT2D eigenvalue weighted by Gasteiger charge is -2.09. The fraction of sp³-hybridized carbons (Fsp3) is 0.167. The quantitative estimate of drug-likeness (QED) is 0.870. The fourth-order valence-electron chi connectivity index (χ4n) is 1.47. The van der Waals surface area contributed by atoms with Crippen molar-refractivity contribution in [3.05, 3.63) is 38.3 Å². The van der Waals surface area contributed by atoms with Gasteiger partial charge in [0.25, 0.3) is 5.91 Å². The van der Waals surface area contributed by atoms with E-state index in [9.17, 15) is 4.79 Å². The second kappa shape index (κ2) is 5.77. The van der Waals surface area contributed by atoms with Gasteiger partial charge in [-0.2, -0.15) is 0 Å². The van der Waals surface area contributed by atoms with Gasteiger partial charge in [-0.15, -0.1) is 11.3 Å². The first kappa shape index (κ1) is 14.1. The molecule has 0 radical (unpaired) electrons. The molecule has 0 atom stereocenters. The number of pyridine rings is 1. The normalized spacial score (nSPS) is 10.3. The highest BCUT2D eigenvalue weighted by molar-refractivity contribution is 7.12. The SMILES string of the molecule is COc1csc(C(=O)Nc2c(C)cc(Cl)nc2Cl)c1. The number of hydrogen-bond acceptors (Lipinski definition) is 4. The van der Waals surface area contributed by atoms with Crippen molar-refractivity contribution < 1.29 is 9.53 Å². The summed E-state index contributed by atoms with van der Waals surface area (Å²) in [5.41, 5.74) is 1.21. The molecule has 2 aromatic heterocycles. The molecule has 2 rings (SSSR count). The molecule has 0 unspecified atom stereocenters. The zero-order valence-corrected chi connectivity index (χ0v) is 12.5.